The number of primary amides is 1. The van der Waals surface area contributed by atoms with Crippen LogP contribution in [0.3, 0.4) is 0 Å². The van der Waals surface area contributed by atoms with Gasteiger partial charge < -0.3 is 15.8 Å². The number of carbonyl (C=O) groups excluding carboxylic acids is 1. The molecular formula is C22H22N2O2. The molecule has 0 bridgehead atoms. The van der Waals surface area contributed by atoms with Crippen LogP contribution < -0.4 is 15.8 Å². The lowest BCUT2D eigenvalue weighted by Gasteiger charge is -2.12. The number of rotatable bonds is 7. The maximum absolute atomic E-state index is 11.5. The van der Waals surface area contributed by atoms with Crippen molar-refractivity contribution in [3.8, 4) is 5.75 Å². The zero-order valence-corrected chi connectivity index (χ0v) is 14.7. The summed E-state index contributed by atoms with van der Waals surface area (Å²) in [6.07, 6.45) is 0.856. The number of amides is 1. The molecule has 4 heteroatoms. The van der Waals surface area contributed by atoms with Gasteiger partial charge in [0.1, 0.15) is 5.75 Å². The Balaban J connectivity index is 1.65. The number of hydrogen-bond acceptors (Lipinski definition) is 3. The summed E-state index contributed by atoms with van der Waals surface area (Å²) >= 11 is 0. The van der Waals surface area contributed by atoms with Gasteiger partial charge in [0.2, 0.25) is 0 Å². The molecule has 0 unspecified atom stereocenters. The zero-order valence-electron chi connectivity index (χ0n) is 14.7. The summed E-state index contributed by atoms with van der Waals surface area (Å²) in [5, 5.41) is 3.23. The van der Waals surface area contributed by atoms with Crippen molar-refractivity contribution in [2.45, 2.75) is 13.3 Å². The van der Waals surface area contributed by atoms with Crippen molar-refractivity contribution in [1.29, 1.82) is 0 Å². The standard InChI is InChI=1S/C22H22N2O2/c1-16-7-2-3-8-17(16)13-14-26-19-10-6-9-18(15-19)24-21-12-5-4-11-20(21)22(23)25/h2-12,15,24H,13-14H2,1H3,(H2,23,25). The summed E-state index contributed by atoms with van der Waals surface area (Å²) in [5.74, 6) is 0.318. The van der Waals surface area contributed by atoms with E-state index in [-0.39, 0.29) is 0 Å². The molecule has 0 radical (unpaired) electrons. The summed E-state index contributed by atoms with van der Waals surface area (Å²) in [4.78, 5) is 11.5. The minimum atomic E-state index is -0.460. The quantitative estimate of drug-likeness (QED) is 0.664. The SMILES string of the molecule is Cc1ccccc1CCOc1cccc(Nc2ccccc2C(N)=O)c1. The molecule has 0 atom stereocenters. The van der Waals surface area contributed by atoms with Gasteiger partial charge in [-0.1, -0.05) is 42.5 Å². The zero-order chi connectivity index (χ0) is 18.4. The maximum Gasteiger partial charge on any atom is 0.250 e. The number of para-hydroxylation sites is 1. The van der Waals surface area contributed by atoms with Crippen LogP contribution in [0.25, 0.3) is 0 Å². The fourth-order valence-corrected chi connectivity index (χ4v) is 2.80. The van der Waals surface area contributed by atoms with E-state index in [0.717, 1.165) is 17.9 Å². The summed E-state index contributed by atoms with van der Waals surface area (Å²) < 4.78 is 5.89. The molecule has 0 spiro atoms. The first kappa shape index (κ1) is 17.5. The molecule has 3 rings (SSSR count). The number of benzene rings is 3. The van der Waals surface area contributed by atoms with Gasteiger partial charge in [0.15, 0.2) is 0 Å². The molecule has 0 saturated carbocycles. The Morgan fingerprint density at radius 3 is 2.58 bits per heavy atom. The number of aryl methyl sites for hydroxylation is 1. The monoisotopic (exact) mass is 346 g/mol. The first-order valence-electron chi connectivity index (χ1n) is 8.57. The Labute approximate surface area is 153 Å². The predicted octanol–water partition coefficient (Wildman–Crippen LogP) is 4.46. The average Bonchev–Trinajstić information content (AvgIpc) is 2.64. The first-order valence-corrected chi connectivity index (χ1v) is 8.57. The number of nitrogens with two attached hydrogens (primary N) is 1. The minimum absolute atomic E-state index is 0.457. The molecule has 1 amide bonds. The van der Waals surface area contributed by atoms with Gasteiger partial charge in [0.25, 0.3) is 5.91 Å². The smallest absolute Gasteiger partial charge is 0.250 e. The van der Waals surface area contributed by atoms with E-state index >= 15 is 0 Å². The molecule has 0 saturated heterocycles. The van der Waals surface area contributed by atoms with Crippen molar-refractivity contribution in [3.63, 3.8) is 0 Å². The van der Waals surface area contributed by atoms with E-state index < -0.39 is 5.91 Å². The van der Waals surface area contributed by atoms with E-state index in [0.29, 0.717) is 17.9 Å². The lowest BCUT2D eigenvalue weighted by atomic mass is 10.1. The second-order valence-corrected chi connectivity index (χ2v) is 6.09. The van der Waals surface area contributed by atoms with E-state index in [1.807, 2.05) is 48.5 Å². The molecule has 0 heterocycles. The minimum Gasteiger partial charge on any atom is -0.493 e. The van der Waals surface area contributed by atoms with Crippen LogP contribution in [0.5, 0.6) is 5.75 Å². The Hall–Kier alpha value is -3.27. The Bertz CT molecular complexity index is 906. The van der Waals surface area contributed by atoms with Gasteiger partial charge in [0.05, 0.1) is 17.9 Å². The maximum atomic E-state index is 11.5. The van der Waals surface area contributed by atoms with E-state index in [4.69, 9.17) is 10.5 Å². The molecule has 3 N–H and O–H groups in total. The molecule has 3 aromatic rings. The Morgan fingerprint density at radius 2 is 1.77 bits per heavy atom. The third-order valence-electron chi connectivity index (χ3n) is 4.21. The Kier molecular flexibility index (Phi) is 5.54. The van der Waals surface area contributed by atoms with Crippen molar-refractivity contribution in [1.82, 2.24) is 0 Å². The largest absolute Gasteiger partial charge is 0.493 e. The molecule has 0 fully saturated rings. The number of ether oxygens (including phenoxy) is 1. The van der Waals surface area contributed by atoms with Crippen molar-refractivity contribution < 1.29 is 9.53 Å². The molecule has 0 aliphatic carbocycles. The number of anilines is 2. The molecule has 4 nitrogen and oxygen atoms in total. The van der Waals surface area contributed by atoms with Gasteiger partial charge in [-0.15, -0.1) is 0 Å². The highest BCUT2D eigenvalue weighted by Gasteiger charge is 2.07. The molecule has 26 heavy (non-hydrogen) atoms. The van der Waals surface area contributed by atoms with E-state index in [9.17, 15) is 4.79 Å². The van der Waals surface area contributed by atoms with Crippen LogP contribution in [-0.4, -0.2) is 12.5 Å². The van der Waals surface area contributed by atoms with Gasteiger partial charge in [-0.25, -0.2) is 0 Å². The fourth-order valence-electron chi connectivity index (χ4n) is 2.80. The average molecular weight is 346 g/mol. The van der Waals surface area contributed by atoms with Gasteiger partial charge in [-0.3, -0.25) is 4.79 Å². The number of nitrogens with one attached hydrogen (secondary N) is 1. The normalized spacial score (nSPS) is 10.3. The van der Waals surface area contributed by atoms with Crippen molar-refractivity contribution >= 4 is 17.3 Å². The van der Waals surface area contributed by atoms with Crippen molar-refractivity contribution in [2.75, 3.05) is 11.9 Å². The Morgan fingerprint density at radius 1 is 1.00 bits per heavy atom. The highest BCUT2D eigenvalue weighted by atomic mass is 16.5. The molecule has 132 valence electrons. The third-order valence-corrected chi connectivity index (χ3v) is 4.21. The third kappa shape index (κ3) is 4.42. The van der Waals surface area contributed by atoms with Crippen LogP contribution in [0.4, 0.5) is 11.4 Å². The summed E-state index contributed by atoms with van der Waals surface area (Å²) in [6, 6.07) is 23.2. The van der Waals surface area contributed by atoms with Crippen molar-refractivity contribution in [2.24, 2.45) is 5.73 Å². The molecule has 0 aliphatic heterocycles. The van der Waals surface area contributed by atoms with Crippen LogP contribution in [0.2, 0.25) is 0 Å². The van der Waals surface area contributed by atoms with Crippen LogP contribution in [-0.2, 0) is 6.42 Å². The van der Waals surface area contributed by atoms with Crippen LogP contribution in [0.15, 0.2) is 72.8 Å². The predicted molar refractivity (Wildman–Crippen MR) is 105 cm³/mol. The second kappa shape index (κ2) is 8.21. The fraction of sp³-hybridized carbons (Fsp3) is 0.136. The number of carbonyl (C=O) groups is 1. The molecule has 0 aliphatic rings. The second-order valence-electron chi connectivity index (χ2n) is 6.09. The van der Waals surface area contributed by atoms with E-state index in [1.165, 1.54) is 11.1 Å². The highest BCUT2D eigenvalue weighted by molar-refractivity contribution is 5.99. The molecular weight excluding hydrogens is 324 g/mol. The summed E-state index contributed by atoms with van der Waals surface area (Å²) in [7, 11) is 0. The van der Waals surface area contributed by atoms with E-state index in [1.54, 1.807) is 12.1 Å². The van der Waals surface area contributed by atoms with Gasteiger partial charge in [0, 0.05) is 18.2 Å². The van der Waals surface area contributed by atoms with Gasteiger partial charge in [-0.2, -0.15) is 0 Å². The summed E-state index contributed by atoms with van der Waals surface area (Å²) in [5.41, 5.74) is 9.96. The van der Waals surface area contributed by atoms with Crippen LogP contribution >= 0.6 is 0 Å². The lowest BCUT2D eigenvalue weighted by molar-refractivity contribution is 0.100. The molecule has 0 aromatic heterocycles. The number of hydrogen-bond donors (Lipinski definition) is 2. The molecule has 3 aromatic carbocycles. The first-order chi connectivity index (χ1) is 12.6. The topological polar surface area (TPSA) is 64.3 Å². The van der Waals surface area contributed by atoms with Crippen molar-refractivity contribution in [3.05, 3.63) is 89.5 Å². The van der Waals surface area contributed by atoms with E-state index in [2.05, 4.69) is 24.4 Å². The summed E-state index contributed by atoms with van der Waals surface area (Å²) in [6.45, 7) is 2.71. The van der Waals surface area contributed by atoms with Gasteiger partial charge >= 0.3 is 0 Å². The van der Waals surface area contributed by atoms with Crippen LogP contribution in [0.1, 0.15) is 21.5 Å². The lowest BCUT2D eigenvalue weighted by Crippen LogP contribution is -2.13. The highest BCUT2D eigenvalue weighted by Crippen LogP contribution is 2.24. The van der Waals surface area contributed by atoms with Crippen LogP contribution in [0, 0.1) is 6.92 Å². The van der Waals surface area contributed by atoms with Gasteiger partial charge in [-0.05, 0) is 42.3 Å².